The van der Waals surface area contributed by atoms with Crippen LogP contribution in [-0.4, -0.2) is 39.9 Å². The van der Waals surface area contributed by atoms with Crippen LogP contribution < -0.4 is 0 Å². The average Bonchev–Trinajstić information content (AvgIpc) is 2.37. The predicted octanol–water partition coefficient (Wildman–Crippen LogP) is 2.18. The van der Waals surface area contributed by atoms with Crippen LogP contribution in [0.3, 0.4) is 0 Å². The first-order valence-electron chi connectivity index (χ1n) is 5.73. The Morgan fingerprint density at radius 3 is 2.55 bits per heavy atom. The van der Waals surface area contributed by atoms with Gasteiger partial charge in [0.2, 0.25) is 0 Å². The summed E-state index contributed by atoms with van der Waals surface area (Å²) in [7, 11) is 1.29. The molecule has 1 aromatic rings. The summed E-state index contributed by atoms with van der Waals surface area (Å²) in [5, 5.41) is 20.1. The molecule has 0 aliphatic rings. The highest BCUT2D eigenvalue weighted by Crippen LogP contribution is 2.24. The standard InChI is InChI=1S/C12H13ClN2O5/c1-3-9(12(17)18)14(2)11(16)8-6-7(13)4-5-10(8)15(19)20/h4-6,9H,3H2,1-2H3,(H,17,18). The van der Waals surface area contributed by atoms with Crippen molar-refractivity contribution in [3.8, 4) is 0 Å². The smallest absolute Gasteiger partial charge is 0.326 e. The number of carboxylic acids is 1. The van der Waals surface area contributed by atoms with Crippen molar-refractivity contribution in [3.63, 3.8) is 0 Å². The molecule has 0 saturated heterocycles. The number of nitro groups is 1. The van der Waals surface area contributed by atoms with E-state index >= 15 is 0 Å². The fourth-order valence-corrected chi connectivity index (χ4v) is 1.96. The van der Waals surface area contributed by atoms with E-state index in [0.29, 0.717) is 0 Å². The molecule has 1 N–H and O–H groups in total. The fraction of sp³-hybridized carbons (Fsp3) is 0.333. The van der Waals surface area contributed by atoms with Gasteiger partial charge in [-0.05, 0) is 18.6 Å². The Labute approximate surface area is 119 Å². The van der Waals surface area contributed by atoms with Crippen molar-refractivity contribution in [2.75, 3.05) is 7.05 Å². The molecule has 0 aliphatic carbocycles. The Hall–Kier alpha value is -2.15. The lowest BCUT2D eigenvalue weighted by Gasteiger charge is -2.23. The Morgan fingerprint density at radius 2 is 2.10 bits per heavy atom. The molecule has 20 heavy (non-hydrogen) atoms. The molecular formula is C12H13ClN2O5. The molecule has 0 aromatic heterocycles. The zero-order valence-corrected chi connectivity index (χ0v) is 11.6. The van der Waals surface area contributed by atoms with Crippen LogP contribution >= 0.6 is 11.6 Å². The third-order valence-corrected chi connectivity index (χ3v) is 3.08. The Kier molecular flexibility index (Phi) is 5.04. The van der Waals surface area contributed by atoms with Crippen molar-refractivity contribution in [1.29, 1.82) is 0 Å². The number of carbonyl (C=O) groups excluding carboxylic acids is 1. The third kappa shape index (κ3) is 3.24. The van der Waals surface area contributed by atoms with Crippen LogP contribution in [0, 0.1) is 10.1 Å². The largest absolute Gasteiger partial charge is 0.480 e. The second-order valence-corrected chi connectivity index (χ2v) is 4.53. The topological polar surface area (TPSA) is 101 Å². The number of amides is 1. The van der Waals surface area contributed by atoms with Gasteiger partial charge in [-0.1, -0.05) is 18.5 Å². The van der Waals surface area contributed by atoms with Crippen LogP contribution in [0.5, 0.6) is 0 Å². The molecule has 0 aliphatic heterocycles. The number of hydrogen-bond donors (Lipinski definition) is 1. The minimum atomic E-state index is -1.17. The molecule has 0 fully saturated rings. The highest BCUT2D eigenvalue weighted by atomic mass is 35.5. The van der Waals surface area contributed by atoms with Crippen LogP contribution in [0.4, 0.5) is 5.69 Å². The number of carbonyl (C=O) groups is 2. The van der Waals surface area contributed by atoms with Gasteiger partial charge >= 0.3 is 5.97 Å². The molecule has 0 saturated carbocycles. The van der Waals surface area contributed by atoms with Gasteiger partial charge in [-0.15, -0.1) is 0 Å². The first-order valence-corrected chi connectivity index (χ1v) is 6.11. The van der Waals surface area contributed by atoms with E-state index in [2.05, 4.69) is 0 Å². The first kappa shape index (κ1) is 15.9. The molecule has 7 nitrogen and oxygen atoms in total. The number of nitro benzene ring substituents is 1. The van der Waals surface area contributed by atoms with E-state index in [1.54, 1.807) is 6.92 Å². The molecule has 108 valence electrons. The summed E-state index contributed by atoms with van der Waals surface area (Å²) in [6.45, 7) is 1.61. The fourth-order valence-electron chi connectivity index (χ4n) is 1.78. The normalized spacial score (nSPS) is 11.8. The highest BCUT2D eigenvalue weighted by Gasteiger charge is 2.29. The average molecular weight is 301 g/mol. The highest BCUT2D eigenvalue weighted by molar-refractivity contribution is 6.31. The molecule has 1 rings (SSSR count). The van der Waals surface area contributed by atoms with E-state index in [4.69, 9.17) is 16.7 Å². The number of hydrogen-bond acceptors (Lipinski definition) is 4. The lowest BCUT2D eigenvalue weighted by atomic mass is 10.1. The maximum Gasteiger partial charge on any atom is 0.326 e. The van der Waals surface area contributed by atoms with E-state index < -0.39 is 28.5 Å². The first-order chi connectivity index (χ1) is 9.29. The van der Waals surface area contributed by atoms with Gasteiger partial charge in [0.05, 0.1) is 4.92 Å². The molecule has 0 spiro atoms. The predicted molar refractivity (Wildman–Crippen MR) is 71.9 cm³/mol. The number of aliphatic carboxylic acids is 1. The molecule has 1 amide bonds. The zero-order chi connectivity index (χ0) is 15.4. The molecule has 0 radical (unpaired) electrons. The quantitative estimate of drug-likeness (QED) is 0.663. The van der Waals surface area contributed by atoms with Gasteiger partial charge in [-0.3, -0.25) is 14.9 Å². The minimum absolute atomic E-state index is 0.163. The van der Waals surface area contributed by atoms with Crippen LogP contribution in [0.15, 0.2) is 18.2 Å². The summed E-state index contributed by atoms with van der Waals surface area (Å²) in [4.78, 5) is 34.4. The van der Waals surface area contributed by atoms with E-state index in [0.717, 1.165) is 17.0 Å². The van der Waals surface area contributed by atoms with Gasteiger partial charge in [-0.2, -0.15) is 0 Å². The maximum absolute atomic E-state index is 12.2. The van der Waals surface area contributed by atoms with Crippen LogP contribution in [0.25, 0.3) is 0 Å². The summed E-state index contributed by atoms with van der Waals surface area (Å²) in [6, 6.07) is 2.52. The van der Waals surface area contributed by atoms with E-state index in [1.165, 1.54) is 13.1 Å². The van der Waals surface area contributed by atoms with E-state index in [1.807, 2.05) is 0 Å². The van der Waals surface area contributed by atoms with E-state index in [-0.39, 0.29) is 17.0 Å². The van der Waals surface area contributed by atoms with Crippen molar-refractivity contribution >= 4 is 29.2 Å². The molecule has 0 heterocycles. The molecule has 0 bridgehead atoms. The third-order valence-electron chi connectivity index (χ3n) is 2.85. The SMILES string of the molecule is CCC(C(=O)O)N(C)C(=O)c1cc(Cl)ccc1[N+](=O)[O-]. The number of benzene rings is 1. The van der Waals surface area contributed by atoms with Crippen LogP contribution in [-0.2, 0) is 4.79 Å². The number of nitrogens with zero attached hydrogens (tertiary/aromatic N) is 2. The van der Waals surface area contributed by atoms with Crippen molar-refractivity contribution < 1.29 is 19.6 Å². The van der Waals surface area contributed by atoms with Crippen molar-refractivity contribution in [1.82, 2.24) is 4.90 Å². The number of halogens is 1. The summed E-state index contributed by atoms with van der Waals surface area (Å²) in [6.07, 6.45) is 0.186. The van der Waals surface area contributed by atoms with Gasteiger partial charge in [0.1, 0.15) is 11.6 Å². The summed E-state index contributed by atoms with van der Waals surface area (Å²) in [5.41, 5.74) is -0.642. The molecule has 1 unspecified atom stereocenters. The van der Waals surface area contributed by atoms with Crippen LogP contribution in [0.1, 0.15) is 23.7 Å². The molecule has 8 heteroatoms. The van der Waals surface area contributed by atoms with Crippen LogP contribution in [0.2, 0.25) is 5.02 Å². The monoisotopic (exact) mass is 300 g/mol. The Morgan fingerprint density at radius 1 is 1.50 bits per heavy atom. The molecule has 1 atom stereocenters. The van der Waals surface area contributed by atoms with Gasteiger partial charge in [0, 0.05) is 18.1 Å². The van der Waals surface area contributed by atoms with Crippen molar-refractivity contribution in [2.45, 2.75) is 19.4 Å². The van der Waals surface area contributed by atoms with Crippen molar-refractivity contribution in [3.05, 3.63) is 38.9 Å². The van der Waals surface area contributed by atoms with E-state index in [9.17, 15) is 19.7 Å². The lowest BCUT2D eigenvalue weighted by molar-refractivity contribution is -0.385. The van der Waals surface area contributed by atoms with Gasteiger partial charge in [0.15, 0.2) is 0 Å². The minimum Gasteiger partial charge on any atom is -0.480 e. The summed E-state index contributed by atoms with van der Waals surface area (Å²) < 4.78 is 0. The van der Waals surface area contributed by atoms with Crippen molar-refractivity contribution in [2.24, 2.45) is 0 Å². The molecule has 1 aromatic carbocycles. The number of carboxylic acid groups (broad SMARTS) is 1. The van der Waals surface area contributed by atoms with Gasteiger partial charge in [-0.25, -0.2) is 4.79 Å². The van der Waals surface area contributed by atoms with Gasteiger partial charge < -0.3 is 10.0 Å². The molecular weight excluding hydrogens is 288 g/mol. The summed E-state index contributed by atoms with van der Waals surface area (Å²) in [5.74, 6) is -1.93. The Balaban J connectivity index is 3.23. The maximum atomic E-state index is 12.2. The Bertz CT molecular complexity index is 561. The van der Waals surface area contributed by atoms with Gasteiger partial charge in [0.25, 0.3) is 11.6 Å². The lowest BCUT2D eigenvalue weighted by Crippen LogP contribution is -2.42. The number of rotatable bonds is 5. The second kappa shape index (κ2) is 6.33. The number of likely N-dealkylation sites (N-methyl/N-ethyl adjacent to an activating group) is 1. The zero-order valence-electron chi connectivity index (χ0n) is 10.9. The summed E-state index contributed by atoms with van der Waals surface area (Å²) >= 11 is 5.74. The second-order valence-electron chi connectivity index (χ2n) is 4.10.